The lowest BCUT2D eigenvalue weighted by Crippen LogP contribution is -2.62. The van der Waals surface area contributed by atoms with Crippen molar-refractivity contribution < 1.29 is 154 Å². The molecule has 0 bridgehead atoms. The molecular weight excluding hydrogens is 1180 g/mol. The van der Waals surface area contributed by atoms with Gasteiger partial charge in [-0.15, -0.1) is 0 Å². The average Bonchev–Trinajstić information content (AvgIpc) is 3.23. The average molecular weight is 1230 g/mol. The van der Waals surface area contributed by atoms with Gasteiger partial charge in [0.05, 0.1) is 32.1 Å². The van der Waals surface area contributed by atoms with E-state index in [0.29, 0.717) is 0 Å². The van der Waals surface area contributed by atoms with E-state index in [9.17, 15) is 145 Å². The van der Waals surface area contributed by atoms with Gasteiger partial charge >= 0.3 is 35.8 Å². The first-order valence-electron chi connectivity index (χ1n) is 20.8. The van der Waals surface area contributed by atoms with Gasteiger partial charge in [0.15, 0.2) is 0 Å². The molecule has 0 saturated heterocycles. The monoisotopic (exact) mass is 1220 g/mol. The fourth-order valence-electron chi connectivity index (χ4n) is 5.89. The molecule has 1 unspecified atom stereocenters. The summed E-state index contributed by atoms with van der Waals surface area (Å²) in [5, 5.41) is 67.7. The van der Waals surface area contributed by atoms with Gasteiger partial charge in [-0.1, -0.05) is 0 Å². The maximum Gasteiger partial charge on any atom is 0.327 e. The molecule has 79 heavy (non-hydrogen) atoms. The van der Waals surface area contributed by atoms with Crippen LogP contribution in [0.1, 0.15) is 38.5 Å². The largest absolute Gasteiger partial charge is 0.481 e. The quantitative estimate of drug-likeness (QED) is 0.0203. The van der Waals surface area contributed by atoms with Crippen LogP contribution in [-0.2, 0) is 112 Å². The number of carbonyl (C=O) groups is 15. The van der Waals surface area contributed by atoms with Crippen molar-refractivity contribution in [1.29, 1.82) is 0 Å². The van der Waals surface area contributed by atoms with Gasteiger partial charge in [0, 0.05) is 12.3 Å². The molecule has 0 fully saturated rings. The number of rotatable bonds is 37. The zero-order valence-electron chi connectivity index (χ0n) is 39.3. The van der Waals surface area contributed by atoms with Crippen LogP contribution in [0, 0.1) is 5.92 Å². The first-order valence-corrected chi connectivity index (χ1v) is 27.2. The molecule has 0 radical (unpaired) electrons. The Labute approximate surface area is 441 Å². The van der Waals surface area contributed by atoms with E-state index in [0.717, 1.165) is 0 Å². The maximum absolute atomic E-state index is 13.5. The number of carboxylic acids is 6. The molecule has 8 amide bonds. The number of hydrogen-bond donors (Lipinski definition) is 18. The van der Waals surface area contributed by atoms with Crippen LogP contribution in [-0.4, -0.2) is 243 Å². The first-order chi connectivity index (χ1) is 35.8. The molecule has 0 aromatic carbocycles. The van der Waals surface area contributed by atoms with Crippen molar-refractivity contribution in [3.05, 3.63) is 0 Å². The molecule has 0 aliphatic rings. The lowest BCUT2D eigenvalue weighted by molar-refractivity contribution is -0.143. The Balaban J connectivity index is 7.06. The van der Waals surface area contributed by atoms with Crippen LogP contribution in [0.2, 0.25) is 0 Å². The molecule has 0 aromatic heterocycles. The summed E-state index contributed by atoms with van der Waals surface area (Å²) in [6.45, 7) is 0. The number of carboxylic acid groups (broad SMARTS) is 6. The van der Waals surface area contributed by atoms with E-state index in [1.165, 1.54) is 31.9 Å². The summed E-state index contributed by atoms with van der Waals surface area (Å²) >= 11 is 0. The van der Waals surface area contributed by atoms with Gasteiger partial charge in [-0.05, 0) is 0 Å². The summed E-state index contributed by atoms with van der Waals surface area (Å²) in [4.78, 5) is 186. The molecule has 446 valence electrons. The predicted molar refractivity (Wildman–Crippen MR) is 244 cm³/mol. The van der Waals surface area contributed by atoms with Gasteiger partial charge in [0.2, 0.25) is 47.3 Å². The number of carbonyl (C=O) groups excluding carboxylic acids is 9. The molecule has 9 atom stereocenters. The minimum atomic E-state index is -5.60. The number of hydrogen-bond acceptors (Lipinski definition) is 23. The topological polar surface area (TPSA) is 691 Å². The maximum atomic E-state index is 13.5. The molecule has 0 saturated carbocycles. The zero-order chi connectivity index (χ0) is 61.7. The van der Waals surface area contributed by atoms with Crippen molar-refractivity contribution >= 4 is 130 Å². The van der Waals surface area contributed by atoms with Gasteiger partial charge in [0.25, 0.3) is 40.5 Å². The number of aldehydes is 1. The Morgan fingerprint density at radius 3 is 0.722 bits per heavy atom. The fraction of sp³-hybridized carbons (Fsp3) is 0.559. The Bertz CT molecular complexity index is 2880. The SMILES string of the molecule is O=CC(CC(=O)O)CC(=O)N[C@H](CC(=O)O)C(=O)N[C@H](CS(=O)(=O)O)C(=O)N[C@H](CC(=O)O)C(=O)N[C@H](CS(=O)(=O)O)C(=O)N[C@H](CC(=O)O)C(=O)N[C@H](CS(=O)(=O)O)C(=O)N[C@H](CC(=O)O)C(=O)N[C@H](CS(=O)(=O)O)C(=O)O. The Morgan fingerprint density at radius 2 is 0.506 bits per heavy atom. The van der Waals surface area contributed by atoms with Crippen LogP contribution in [0.4, 0.5) is 0 Å². The molecule has 0 heterocycles. The molecule has 0 aliphatic carbocycles. The first kappa shape index (κ1) is 70.9. The third kappa shape index (κ3) is 31.0. The van der Waals surface area contributed by atoms with E-state index >= 15 is 0 Å². The lowest BCUT2D eigenvalue weighted by atomic mass is 10.0. The molecular formula is C34H48N8O33S4. The molecule has 0 rings (SSSR count). The summed E-state index contributed by atoms with van der Waals surface area (Å²) in [6, 6.07) is -21.4. The van der Waals surface area contributed by atoms with Crippen molar-refractivity contribution in [2.75, 3.05) is 23.0 Å². The van der Waals surface area contributed by atoms with Gasteiger partial charge < -0.3 is 78.0 Å². The minimum absolute atomic E-state index is 0.00803. The van der Waals surface area contributed by atoms with E-state index in [1.807, 2.05) is 0 Å². The van der Waals surface area contributed by atoms with Crippen LogP contribution < -0.4 is 42.5 Å². The normalized spacial score (nSPS) is 15.1. The number of aliphatic carboxylic acids is 6. The second-order valence-corrected chi connectivity index (χ2v) is 22.0. The highest BCUT2D eigenvalue weighted by Gasteiger charge is 2.39. The Morgan fingerprint density at radius 1 is 0.304 bits per heavy atom. The van der Waals surface area contributed by atoms with Gasteiger partial charge in [-0.25, -0.2) is 4.79 Å². The van der Waals surface area contributed by atoms with Crippen molar-refractivity contribution in [1.82, 2.24) is 42.5 Å². The molecule has 45 heteroatoms. The van der Waals surface area contributed by atoms with Crippen molar-refractivity contribution in [3.8, 4) is 0 Å². The third-order valence-electron chi connectivity index (χ3n) is 9.17. The highest BCUT2D eigenvalue weighted by Crippen LogP contribution is 2.09. The Kier molecular flexibility index (Phi) is 27.6. The smallest absolute Gasteiger partial charge is 0.327 e. The fourth-order valence-corrected chi connectivity index (χ4v) is 8.51. The molecule has 41 nitrogen and oxygen atoms in total. The van der Waals surface area contributed by atoms with E-state index in [2.05, 4.69) is 0 Å². The highest BCUT2D eigenvalue weighted by atomic mass is 32.2. The second-order valence-electron chi connectivity index (χ2n) is 16.0. The summed E-state index contributed by atoms with van der Waals surface area (Å²) in [7, 11) is -21.8. The van der Waals surface area contributed by atoms with Crippen LogP contribution >= 0.6 is 0 Å². The van der Waals surface area contributed by atoms with Gasteiger partial charge in [-0.2, -0.15) is 33.7 Å². The van der Waals surface area contributed by atoms with Crippen LogP contribution in [0.3, 0.4) is 0 Å². The lowest BCUT2D eigenvalue weighted by Gasteiger charge is -2.26. The number of nitrogens with one attached hydrogen (secondary N) is 8. The van der Waals surface area contributed by atoms with Crippen LogP contribution in [0.5, 0.6) is 0 Å². The Hall–Kier alpha value is -8.11. The van der Waals surface area contributed by atoms with Crippen molar-refractivity contribution in [3.63, 3.8) is 0 Å². The van der Waals surface area contributed by atoms with E-state index < -0.39 is 239 Å². The summed E-state index contributed by atoms with van der Waals surface area (Å²) in [5.41, 5.74) is 0. The van der Waals surface area contributed by atoms with E-state index in [-0.39, 0.29) is 6.29 Å². The molecule has 0 spiro atoms. The van der Waals surface area contributed by atoms with Crippen molar-refractivity contribution in [2.24, 2.45) is 5.92 Å². The standard InChI is InChI=1S/C34H48N8O33S4/c43-7-12(2-22(45)46)1-21(44)35-13(3-23(47)48)27(55)39-17(8-76(64,65)66)31(59)36-14(4-24(49)50)28(56)40-18(9-77(67,68)69)32(60)37-15(5-25(51)52)29(57)41-19(10-78(70,71)72)33(61)38-16(6-26(53)54)30(58)42-20(34(62)63)11-79(73,74)75/h7,12-20H,1-6,8-11H2,(H,35,44)(H,36,59)(H,37,60)(H,38,61)(H,39,55)(H,40,56)(H,41,57)(H,42,58)(H,45,46)(H,47,48)(H,49,50)(H,51,52)(H,53,54)(H,62,63)(H,64,65,66)(H,67,68,69)(H,70,71,72)(H,73,74,75)/t12?,13-,14-,15-,16-,17-,18-,19-,20-/m1/s1. The molecule has 0 aromatic rings. The summed E-state index contributed by atoms with van der Waals surface area (Å²) < 4.78 is 131. The van der Waals surface area contributed by atoms with E-state index in [4.69, 9.17) is 9.66 Å². The van der Waals surface area contributed by atoms with E-state index in [1.54, 1.807) is 10.6 Å². The zero-order valence-corrected chi connectivity index (χ0v) is 42.6. The second kappa shape index (κ2) is 30.7. The van der Waals surface area contributed by atoms with Crippen LogP contribution in [0.15, 0.2) is 0 Å². The van der Waals surface area contributed by atoms with Crippen molar-refractivity contribution in [2.45, 2.75) is 86.9 Å². The number of amides is 8. The molecule has 18 N–H and O–H groups in total. The van der Waals surface area contributed by atoms with Gasteiger partial charge in [0.1, 0.15) is 77.6 Å². The summed E-state index contributed by atoms with van der Waals surface area (Å²) in [6.07, 6.45) is -8.29. The third-order valence-corrected chi connectivity index (χ3v) is 12.2. The van der Waals surface area contributed by atoms with Crippen LogP contribution in [0.25, 0.3) is 0 Å². The summed E-state index contributed by atoms with van der Waals surface area (Å²) in [5.74, 6) is -36.4. The van der Waals surface area contributed by atoms with Gasteiger partial charge in [-0.3, -0.25) is 80.5 Å². The molecule has 0 aliphatic heterocycles. The predicted octanol–water partition coefficient (Wildman–Crippen LogP) is -10.9. The minimum Gasteiger partial charge on any atom is -0.481 e. The highest BCUT2D eigenvalue weighted by molar-refractivity contribution is 7.86.